The Morgan fingerprint density at radius 2 is 1.86 bits per heavy atom. The third kappa shape index (κ3) is 3.52. The highest BCUT2D eigenvalue weighted by Crippen LogP contribution is 2.35. The largest absolute Gasteiger partial charge is 0.334 e. The zero-order chi connectivity index (χ0) is 20.8. The molecule has 8 nitrogen and oxygen atoms in total. The minimum Gasteiger partial charge on any atom is -0.334 e. The number of hydrogen-bond donors (Lipinski definition) is 1. The molecule has 1 aromatic rings. The van der Waals surface area contributed by atoms with Gasteiger partial charge in [-0.3, -0.25) is 14.5 Å². The molecule has 1 saturated carbocycles. The zero-order valence-corrected chi connectivity index (χ0v) is 17.2. The molecular formula is C20H25N3O5S. The van der Waals surface area contributed by atoms with E-state index in [9.17, 15) is 22.8 Å². The van der Waals surface area contributed by atoms with Gasteiger partial charge < -0.3 is 10.2 Å². The summed E-state index contributed by atoms with van der Waals surface area (Å²) in [6.07, 6.45) is 2.42. The van der Waals surface area contributed by atoms with Crippen LogP contribution in [-0.4, -0.2) is 66.2 Å². The van der Waals surface area contributed by atoms with Gasteiger partial charge in [0, 0.05) is 12.1 Å². The van der Waals surface area contributed by atoms with E-state index in [1.54, 1.807) is 29.2 Å². The smallest absolute Gasteiger partial charge is 0.325 e. The van der Waals surface area contributed by atoms with Gasteiger partial charge in [-0.15, -0.1) is 0 Å². The molecule has 2 heterocycles. The number of urea groups is 1. The van der Waals surface area contributed by atoms with E-state index in [1.165, 1.54) is 0 Å². The lowest BCUT2D eigenvalue weighted by molar-refractivity contribution is -0.140. The molecule has 1 N–H and O–H groups in total. The molecule has 0 radical (unpaired) electrons. The highest BCUT2D eigenvalue weighted by molar-refractivity contribution is 7.91. The second kappa shape index (κ2) is 7.12. The minimum absolute atomic E-state index is 0.00613. The van der Waals surface area contributed by atoms with Crippen LogP contribution in [0.2, 0.25) is 0 Å². The molecule has 4 amide bonds. The molecule has 0 aromatic heterocycles. The summed E-state index contributed by atoms with van der Waals surface area (Å²) < 4.78 is 23.7. The Morgan fingerprint density at radius 3 is 2.41 bits per heavy atom. The molecule has 3 aliphatic rings. The van der Waals surface area contributed by atoms with Crippen LogP contribution in [-0.2, 0) is 25.0 Å². The number of benzene rings is 1. The summed E-state index contributed by atoms with van der Waals surface area (Å²) in [6, 6.07) is 8.05. The first-order valence-corrected chi connectivity index (χ1v) is 11.8. The normalized spacial score (nSPS) is 28.4. The summed E-state index contributed by atoms with van der Waals surface area (Å²) in [4.78, 5) is 41.5. The highest BCUT2D eigenvalue weighted by atomic mass is 32.2. The van der Waals surface area contributed by atoms with Crippen LogP contribution in [0.1, 0.15) is 38.2 Å². The van der Waals surface area contributed by atoms with Crippen molar-refractivity contribution in [3.05, 3.63) is 35.9 Å². The number of imide groups is 1. The van der Waals surface area contributed by atoms with Gasteiger partial charge in [0.2, 0.25) is 5.91 Å². The van der Waals surface area contributed by atoms with Crippen molar-refractivity contribution >= 4 is 27.7 Å². The van der Waals surface area contributed by atoms with E-state index >= 15 is 0 Å². The van der Waals surface area contributed by atoms with Crippen molar-refractivity contribution in [3.8, 4) is 0 Å². The van der Waals surface area contributed by atoms with Gasteiger partial charge in [-0.2, -0.15) is 0 Å². The fourth-order valence-electron chi connectivity index (χ4n) is 4.40. The van der Waals surface area contributed by atoms with E-state index in [-0.39, 0.29) is 36.0 Å². The number of carbonyl (C=O) groups excluding carboxylic acids is 3. The van der Waals surface area contributed by atoms with Gasteiger partial charge in [0.05, 0.1) is 11.5 Å². The van der Waals surface area contributed by atoms with Gasteiger partial charge in [0.25, 0.3) is 5.91 Å². The second-order valence-corrected chi connectivity index (χ2v) is 10.3. The second-order valence-electron chi connectivity index (χ2n) is 8.04. The molecule has 2 atom stereocenters. The first kappa shape index (κ1) is 19.9. The van der Waals surface area contributed by atoms with Crippen LogP contribution in [0.15, 0.2) is 30.3 Å². The fourth-order valence-corrected chi connectivity index (χ4v) is 6.11. The van der Waals surface area contributed by atoms with Crippen LogP contribution < -0.4 is 5.32 Å². The van der Waals surface area contributed by atoms with Crippen molar-refractivity contribution < 1.29 is 22.8 Å². The number of carbonyl (C=O) groups is 3. The Bertz CT molecular complexity index is 944. The molecule has 4 rings (SSSR count). The van der Waals surface area contributed by atoms with Crippen LogP contribution >= 0.6 is 0 Å². The Morgan fingerprint density at radius 1 is 1.17 bits per heavy atom. The molecule has 9 heteroatoms. The molecule has 3 fully saturated rings. The molecule has 1 aromatic carbocycles. The summed E-state index contributed by atoms with van der Waals surface area (Å²) in [5.74, 6) is -0.778. The SMILES string of the molecule is CC[C@@]1(c2ccccc2)NC(=O)N(CC(=O)N(C2CC2)[C@@H]2CCS(=O)(=O)C2)C1=O. The van der Waals surface area contributed by atoms with Crippen LogP contribution in [0.3, 0.4) is 0 Å². The van der Waals surface area contributed by atoms with Gasteiger partial charge in [-0.1, -0.05) is 37.3 Å². The van der Waals surface area contributed by atoms with Crippen molar-refractivity contribution in [2.75, 3.05) is 18.1 Å². The van der Waals surface area contributed by atoms with Crippen molar-refractivity contribution in [2.45, 2.75) is 50.2 Å². The lowest BCUT2D eigenvalue weighted by Gasteiger charge is -2.30. The quantitative estimate of drug-likeness (QED) is 0.694. The summed E-state index contributed by atoms with van der Waals surface area (Å²) in [6.45, 7) is 1.45. The monoisotopic (exact) mass is 419 g/mol. The van der Waals surface area contributed by atoms with E-state index < -0.39 is 27.3 Å². The maximum absolute atomic E-state index is 13.2. The Balaban J connectivity index is 1.55. The number of nitrogens with one attached hydrogen (secondary N) is 1. The van der Waals surface area contributed by atoms with Gasteiger partial charge in [-0.25, -0.2) is 13.2 Å². The Hall–Kier alpha value is -2.42. The van der Waals surface area contributed by atoms with E-state index in [2.05, 4.69) is 5.32 Å². The standard InChI is InChI=1S/C20H25N3O5S/c1-2-20(14-6-4-3-5-7-14)18(25)22(19(26)21-20)12-17(24)23(15-8-9-15)16-10-11-29(27,28)13-16/h3-7,15-16H,2,8-13H2,1H3,(H,21,26)/t16-,20+/m1/s1. The molecule has 156 valence electrons. The van der Waals surface area contributed by atoms with Crippen molar-refractivity contribution in [2.24, 2.45) is 0 Å². The average Bonchev–Trinajstić information content (AvgIpc) is 3.41. The average molecular weight is 420 g/mol. The van der Waals surface area contributed by atoms with E-state index in [0.717, 1.165) is 17.7 Å². The lowest BCUT2D eigenvalue weighted by atomic mass is 9.87. The fraction of sp³-hybridized carbons (Fsp3) is 0.550. The van der Waals surface area contributed by atoms with Gasteiger partial charge >= 0.3 is 6.03 Å². The Kier molecular flexibility index (Phi) is 4.88. The van der Waals surface area contributed by atoms with Crippen LogP contribution in [0.25, 0.3) is 0 Å². The molecule has 1 aliphatic carbocycles. The first-order valence-electron chi connectivity index (χ1n) is 9.98. The predicted molar refractivity (Wildman–Crippen MR) is 106 cm³/mol. The maximum atomic E-state index is 13.2. The summed E-state index contributed by atoms with van der Waals surface area (Å²) in [5, 5.41) is 2.78. The molecule has 0 unspecified atom stereocenters. The molecular weight excluding hydrogens is 394 g/mol. The summed E-state index contributed by atoms with van der Waals surface area (Å²) in [5.41, 5.74) is -0.503. The zero-order valence-electron chi connectivity index (χ0n) is 16.3. The minimum atomic E-state index is -3.14. The topological polar surface area (TPSA) is 104 Å². The van der Waals surface area contributed by atoms with Crippen LogP contribution in [0.4, 0.5) is 4.79 Å². The Labute approximate surface area is 170 Å². The van der Waals surface area contributed by atoms with E-state index in [1.807, 2.05) is 13.0 Å². The number of rotatable bonds is 6. The molecule has 29 heavy (non-hydrogen) atoms. The molecule has 2 aliphatic heterocycles. The third-order valence-corrected chi connectivity index (χ3v) is 7.85. The van der Waals surface area contributed by atoms with Gasteiger partial charge in [0.15, 0.2) is 9.84 Å². The van der Waals surface area contributed by atoms with Crippen LogP contribution in [0, 0.1) is 0 Å². The van der Waals surface area contributed by atoms with Crippen LogP contribution in [0.5, 0.6) is 0 Å². The number of nitrogens with zero attached hydrogens (tertiary/aromatic N) is 2. The van der Waals surface area contributed by atoms with Gasteiger partial charge in [0.1, 0.15) is 12.1 Å². The lowest BCUT2D eigenvalue weighted by Crippen LogP contribution is -2.49. The summed E-state index contributed by atoms with van der Waals surface area (Å²) >= 11 is 0. The van der Waals surface area contributed by atoms with E-state index in [0.29, 0.717) is 18.4 Å². The maximum Gasteiger partial charge on any atom is 0.325 e. The van der Waals surface area contributed by atoms with Gasteiger partial charge in [-0.05, 0) is 31.2 Å². The number of hydrogen-bond acceptors (Lipinski definition) is 5. The van der Waals surface area contributed by atoms with Crippen molar-refractivity contribution in [1.29, 1.82) is 0 Å². The summed E-state index contributed by atoms with van der Waals surface area (Å²) in [7, 11) is -3.14. The third-order valence-electron chi connectivity index (χ3n) is 6.10. The predicted octanol–water partition coefficient (Wildman–Crippen LogP) is 1.02. The highest BCUT2D eigenvalue weighted by Gasteiger charge is 2.52. The van der Waals surface area contributed by atoms with Crippen molar-refractivity contribution in [3.63, 3.8) is 0 Å². The molecule has 0 spiro atoms. The first-order chi connectivity index (χ1) is 13.8. The van der Waals surface area contributed by atoms with E-state index in [4.69, 9.17) is 0 Å². The number of sulfone groups is 1. The molecule has 2 saturated heterocycles. The van der Waals surface area contributed by atoms with Crippen molar-refractivity contribution in [1.82, 2.24) is 15.1 Å². The number of amides is 4. The molecule has 0 bridgehead atoms.